The van der Waals surface area contributed by atoms with Gasteiger partial charge in [0.05, 0.1) is 0 Å². The van der Waals surface area contributed by atoms with Gasteiger partial charge in [0, 0.05) is 44.5 Å². The zero-order chi connectivity index (χ0) is 38.5. The number of hydrogen-bond acceptors (Lipinski definition) is 6. The molecule has 1 aliphatic heterocycles. The van der Waals surface area contributed by atoms with Crippen LogP contribution in [0.2, 0.25) is 0 Å². The molecule has 0 spiro atoms. The Morgan fingerprint density at radius 3 is 0.927 bits per heavy atom. The molecule has 1 heterocycles. The van der Waals surface area contributed by atoms with Crippen LogP contribution in [0.1, 0.15) is 47.2 Å². The van der Waals surface area contributed by atoms with Gasteiger partial charge in [-0.2, -0.15) is 0 Å². The molecule has 6 aromatic rings. The van der Waals surface area contributed by atoms with E-state index >= 15 is 0 Å². The molecule has 0 bridgehead atoms. The van der Waals surface area contributed by atoms with Crippen molar-refractivity contribution >= 4 is 11.9 Å². The van der Waals surface area contributed by atoms with Gasteiger partial charge in [0.2, 0.25) is 5.79 Å². The number of hydrogen-bond donors (Lipinski definition) is 0. The van der Waals surface area contributed by atoms with E-state index in [1.54, 1.807) is 13.8 Å². The minimum atomic E-state index is -1.72. The Bertz CT molecular complexity index is 2010. The van der Waals surface area contributed by atoms with Crippen LogP contribution >= 0.6 is 0 Å². The monoisotopic (exact) mass is 726 g/mol. The van der Waals surface area contributed by atoms with Crippen LogP contribution in [0.3, 0.4) is 0 Å². The van der Waals surface area contributed by atoms with Gasteiger partial charge in [-0.3, -0.25) is 0 Å². The maximum absolute atomic E-state index is 14.2. The summed E-state index contributed by atoms with van der Waals surface area (Å²) in [6.07, 6.45) is -2.45. The van der Waals surface area contributed by atoms with Crippen LogP contribution < -0.4 is 0 Å². The van der Waals surface area contributed by atoms with Gasteiger partial charge in [-0.1, -0.05) is 195 Å². The van der Waals surface area contributed by atoms with Crippen molar-refractivity contribution in [3.8, 4) is 0 Å². The minimum Gasteiger partial charge on any atom is -0.443 e. The van der Waals surface area contributed by atoms with Crippen molar-refractivity contribution in [2.75, 3.05) is 0 Å². The smallest absolute Gasteiger partial charge is 0.334 e. The molecule has 0 radical (unpaired) electrons. The largest absolute Gasteiger partial charge is 0.443 e. The van der Waals surface area contributed by atoms with E-state index in [9.17, 15) is 9.59 Å². The summed E-state index contributed by atoms with van der Waals surface area (Å²) in [6, 6.07) is 57.1. The normalized spacial score (nSPS) is 16.5. The van der Waals surface area contributed by atoms with Crippen LogP contribution in [0.15, 0.2) is 206 Å². The maximum Gasteiger partial charge on any atom is 0.334 e. The molecule has 2 atom stereocenters. The Balaban J connectivity index is 1.67. The first-order valence-electron chi connectivity index (χ1n) is 18.2. The number of esters is 2. The molecule has 274 valence electrons. The molecule has 0 unspecified atom stereocenters. The van der Waals surface area contributed by atoms with Crippen LogP contribution in [0.5, 0.6) is 0 Å². The van der Waals surface area contributed by atoms with Crippen molar-refractivity contribution in [3.63, 3.8) is 0 Å². The second-order valence-electron chi connectivity index (χ2n) is 13.7. The summed E-state index contributed by atoms with van der Waals surface area (Å²) < 4.78 is 29.0. The molecular weight excluding hydrogens is 685 g/mol. The third-order valence-electron chi connectivity index (χ3n) is 9.98. The average molecular weight is 727 g/mol. The second kappa shape index (κ2) is 15.6. The van der Waals surface area contributed by atoms with E-state index in [1.807, 2.05) is 182 Å². The first kappa shape index (κ1) is 37.0. The first-order valence-corrected chi connectivity index (χ1v) is 18.2. The van der Waals surface area contributed by atoms with Gasteiger partial charge in [-0.25, -0.2) is 9.59 Å². The minimum absolute atomic E-state index is 0.190. The van der Waals surface area contributed by atoms with E-state index in [0.717, 1.165) is 0 Å². The Hall–Kier alpha value is -6.34. The number of rotatable bonds is 12. The van der Waals surface area contributed by atoms with Crippen LogP contribution in [-0.4, -0.2) is 24.1 Å². The highest BCUT2D eigenvalue weighted by molar-refractivity contribution is 5.88. The highest BCUT2D eigenvalue weighted by Gasteiger charge is 2.68. The maximum atomic E-state index is 14.2. The molecule has 0 aliphatic carbocycles. The fourth-order valence-corrected chi connectivity index (χ4v) is 7.41. The van der Waals surface area contributed by atoms with Gasteiger partial charge in [-0.15, -0.1) is 0 Å². The molecule has 7 rings (SSSR count). The van der Waals surface area contributed by atoms with Crippen LogP contribution in [0.4, 0.5) is 0 Å². The first-order chi connectivity index (χ1) is 26.7. The van der Waals surface area contributed by atoms with Gasteiger partial charge < -0.3 is 18.9 Å². The summed E-state index contributed by atoms with van der Waals surface area (Å²) in [5.74, 6) is -2.90. The zero-order valence-corrected chi connectivity index (χ0v) is 30.8. The lowest BCUT2D eigenvalue weighted by Crippen LogP contribution is -2.57. The molecule has 0 N–H and O–H groups in total. The zero-order valence-electron chi connectivity index (χ0n) is 30.8. The summed E-state index contributed by atoms with van der Waals surface area (Å²) in [5, 5.41) is 0. The fraction of sp³-hybridized carbons (Fsp3) is 0.143. The summed E-state index contributed by atoms with van der Waals surface area (Å²) in [7, 11) is 0. The molecule has 6 aromatic carbocycles. The van der Waals surface area contributed by atoms with E-state index in [1.165, 1.54) is 0 Å². The summed E-state index contributed by atoms with van der Waals surface area (Å²) in [6.45, 7) is 11.2. The molecule has 6 nitrogen and oxygen atoms in total. The van der Waals surface area contributed by atoms with Crippen molar-refractivity contribution in [1.82, 2.24) is 0 Å². The fourth-order valence-electron chi connectivity index (χ4n) is 7.41. The second-order valence-corrected chi connectivity index (χ2v) is 13.7. The summed E-state index contributed by atoms with van der Waals surface area (Å²) in [5.41, 5.74) is 0.704. The lowest BCUT2D eigenvalue weighted by Gasteiger charge is -2.46. The number of ether oxygens (including phenoxy) is 4. The SMILES string of the molecule is C=C(C)C(=O)OC(c1ccccc1)(c1ccccc1)[C@@H]1OC(c2ccccc2)(c2ccccc2)O[C@H]1C(OC(=O)C(=C)C)(c1ccccc1)c1ccccc1. The average Bonchev–Trinajstić information content (AvgIpc) is 3.66. The van der Waals surface area contributed by atoms with Crippen molar-refractivity contribution in [2.45, 2.75) is 43.0 Å². The van der Waals surface area contributed by atoms with Crippen LogP contribution in [0, 0.1) is 0 Å². The van der Waals surface area contributed by atoms with Gasteiger partial charge in [0.1, 0.15) is 12.2 Å². The quantitative estimate of drug-likeness (QED) is 0.0924. The molecule has 0 aromatic heterocycles. The van der Waals surface area contributed by atoms with Crippen molar-refractivity contribution in [1.29, 1.82) is 0 Å². The Morgan fingerprint density at radius 1 is 0.455 bits per heavy atom. The molecule has 6 heteroatoms. The van der Waals surface area contributed by atoms with Gasteiger partial charge in [-0.05, 0) is 13.8 Å². The summed E-state index contributed by atoms with van der Waals surface area (Å²) in [4.78, 5) is 28.4. The van der Waals surface area contributed by atoms with Crippen molar-refractivity contribution < 1.29 is 28.5 Å². The topological polar surface area (TPSA) is 71.1 Å². The highest BCUT2D eigenvalue weighted by atomic mass is 16.8. The van der Waals surface area contributed by atoms with Gasteiger partial charge >= 0.3 is 11.9 Å². The third kappa shape index (κ3) is 6.71. The van der Waals surface area contributed by atoms with Crippen LogP contribution in [-0.2, 0) is 45.5 Å². The Kier molecular flexibility index (Phi) is 10.5. The van der Waals surface area contributed by atoms with E-state index in [-0.39, 0.29) is 11.1 Å². The van der Waals surface area contributed by atoms with E-state index in [2.05, 4.69) is 13.2 Å². The third-order valence-corrected chi connectivity index (χ3v) is 9.98. The molecule has 0 amide bonds. The number of benzene rings is 6. The molecule has 1 fully saturated rings. The van der Waals surface area contributed by atoms with E-state index in [4.69, 9.17) is 18.9 Å². The number of carbonyl (C=O) groups excluding carboxylic acids is 2. The van der Waals surface area contributed by atoms with Gasteiger partial charge in [0.15, 0.2) is 11.2 Å². The Morgan fingerprint density at radius 2 is 0.691 bits per heavy atom. The standard InChI is InChI=1S/C49H42O6/c1-35(2)45(50)54-47(37-23-11-5-12-24-37,38-25-13-6-14-26-38)43-44(53-49(52-43,41-31-19-9-20-32-41)42-33-21-10-22-34-42)48(55-46(51)36(3)4,39-27-15-7-16-28-39)40-29-17-8-18-30-40/h5-34,43-44H,1,3H2,2,4H3/t43-,44-/m1/s1. The van der Waals surface area contributed by atoms with Crippen LogP contribution in [0.25, 0.3) is 0 Å². The lowest BCUT2D eigenvalue weighted by molar-refractivity contribution is -0.189. The van der Waals surface area contributed by atoms with Crippen molar-refractivity contribution in [2.24, 2.45) is 0 Å². The molecule has 0 saturated carbocycles. The van der Waals surface area contributed by atoms with E-state index in [0.29, 0.717) is 33.4 Å². The molecule has 1 aliphatic rings. The van der Waals surface area contributed by atoms with E-state index < -0.39 is 41.1 Å². The summed E-state index contributed by atoms with van der Waals surface area (Å²) >= 11 is 0. The lowest BCUT2D eigenvalue weighted by atomic mass is 9.71. The Labute approximate surface area is 322 Å². The number of carbonyl (C=O) groups is 2. The predicted molar refractivity (Wildman–Crippen MR) is 213 cm³/mol. The molecule has 55 heavy (non-hydrogen) atoms. The van der Waals surface area contributed by atoms with Gasteiger partial charge in [0.25, 0.3) is 0 Å². The molecular formula is C49H42O6. The molecule has 1 saturated heterocycles. The van der Waals surface area contributed by atoms with Crippen molar-refractivity contribution in [3.05, 3.63) is 240 Å². The highest BCUT2D eigenvalue weighted by Crippen LogP contribution is 2.57. The predicted octanol–water partition coefficient (Wildman–Crippen LogP) is 9.80.